The summed E-state index contributed by atoms with van der Waals surface area (Å²) in [5, 5.41) is 2.07. The molecule has 2 rings (SSSR count). The molecule has 1 aromatic rings. The summed E-state index contributed by atoms with van der Waals surface area (Å²) in [6.07, 6.45) is 1.97. The van der Waals surface area contributed by atoms with Crippen molar-refractivity contribution in [2.45, 2.75) is 51.8 Å². The Labute approximate surface area is 120 Å². The monoisotopic (exact) mass is 331 g/mol. The molecule has 1 saturated carbocycles. The molecule has 5 heteroatoms. The van der Waals surface area contributed by atoms with Gasteiger partial charge < -0.3 is 9.64 Å². The van der Waals surface area contributed by atoms with Crippen LogP contribution in [0.4, 0.5) is 4.79 Å². The molecule has 0 aromatic carbocycles. The molecule has 18 heavy (non-hydrogen) atoms. The van der Waals surface area contributed by atoms with Gasteiger partial charge in [0.05, 0.1) is 10.3 Å². The fourth-order valence-corrected chi connectivity index (χ4v) is 2.88. The number of carbonyl (C=O) groups is 1. The highest BCUT2D eigenvalue weighted by Gasteiger charge is 2.35. The lowest BCUT2D eigenvalue weighted by Gasteiger charge is -2.27. The molecule has 1 aromatic heterocycles. The number of amides is 1. The maximum absolute atomic E-state index is 12.1. The van der Waals surface area contributed by atoms with Crippen molar-refractivity contribution in [2.75, 3.05) is 0 Å². The van der Waals surface area contributed by atoms with Crippen LogP contribution in [0.25, 0.3) is 0 Å². The maximum atomic E-state index is 12.1. The second-order valence-corrected chi connectivity index (χ2v) is 7.89. The fraction of sp³-hybridized carbons (Fsp3) is 0.615. The smallest absolute Gasteiger partial charge is 0.410 e. The first-order chi connectivity index (χ1) is 8.35. The summed E-state index contributed by atoms with van der Waals surface area (Å²) in [4.78, 5) is 14.0. The van der Waals surface area contributed by atoms with Crippen LogP contribution in [0, 0.1) is 0 Å². The minimum Gasteiger partial charge on any atom is -0.444 e. The average molecular weight is 332 g/mol. The second-order valence-electron chi connectivity index (χ2n) is 5.60. The molecule has 0 saturated heterocycles. The van der Waals surface area contributed by atoms with Crippen LogP contribution in [0.3, 0.4) is 0 Å². The van der Waals surface area contributed by atoms with E-state index in [9.17, 15) is 4.79 Å². The molecule has 0 atom stereocenters. The van der Waals surface area contributed by atoms with Gasteiger partial charge in [0.15, 0.2) is 0 Å². The van der Waals surface area contributed by atoms with Crippen LogP contribution in [-0.4, -0.2) is 22.6 Å². The summed E-state index contributed by atoms with van der Waals surface area (Å²) >= 11 is 5.09. The molecular weight excluding hydrogens is 314 g/mol. The Balaban J connectivity index is 2.02. The summed E-state index contributed by atoms with van der Waals surface area (Å²) in [6, 6.07) is 2.42. The van der Waals surface area contributed by atoms with Crippen molar-refractivity contribution in [1.82, 2.24) is 4.90 Å². The third-order valence-electron chi connectivity index (χ3n) is 2.59. The molecule has 1 heterocycles. The van der Waals surface area contributed by atoms with E-state index < -0.39 is 5.60 Å². The number of thiophene rings is 1. The quantitative estimate of drug-likeness (QED) is 0.820. The van der Waals surface area contributed by atoms with E-state index in [1.54, 1.807) is 11.3 Å². The van der Waals surface area contributed by atoms with Crippen molar-refractivity contribution < 1.29 is 9.53 Å². The van der Waals surface area contributed by atoms with Crippen molar-refractivity contribution in [3.05, 3.63) is 20.8 Å². The number of nitrogens with zero attached hydrogens (tertiary/aromatic N) is 1. The van der Waals surface area contributed by atoms with Gasteiger partial charge in [-0.15, -0.1) is 11.3 Å². The maximum Gasteiger partial charge on any atom is 0.410 e. The molecule has 0 radical (unpaired) electrons. The van der Waals surface area contributed by atoms with Gasteiger partial charge in [-0.05, 0) is 66.6 Å². The lowest BCUT2D eigenvalue weighted by atomic mass is 10.2. The Bertz CT molecular complexity index is 434. The highest BCUT2D eigenvalue weighted by atomic mass is 79.9. The first-order valence-corrected chi connectivity index (χ1v) is 7.75. The van der Waals surface area contributed by atoms with Crippen LogP contribution < -0.4 is 0 Å². The molecule has 0 N–H and O–H groups in total. The zero-order chi connectivity index (χ0) is 13.3. The van der Waals surface area contributed by atoms with Gasteiger partial charge >= 0.3 is 6.09 Å². The van der Waals surface area contributed by atoms with E-state index in [2.05, 4.69) is 27.4 Å². The van der Waals surface area contributed by atoms with E-state index in [1.165, 1.54) is 0 Å². The van der Waals surface area contributed by atoms with Gasteiger partial charge in [0.25, 0.3) is 0 Å². The van der Waals surface area contributed by atoms with Gasteiger partial charge in [0.1, 0.15) is 5.60 Å². The molecule has 0 aliphatic heterocycles. The van der Waals surface area contributed by atoms with Crippen LogP contribution in [0.15, 0.2) is 15.2 Å². The van der Waals surface area contributed by atoms with Crippen molar-refractivity contribution in [1.29, 1.82) is 0 Å². The Morgan fingerprint density at radius 1 is 1.56 bits per heavy atom. The van der Waals surface area contributed by atoms with Gasteiger partial charge in [-0.1, -0.05) is 0 Å². The van der Waals surface area contributed by atoms with Gasteiger partial charge in [0, 0.05) is 6.04 Å². The van der Waals surface area contributed by atoms with E-state index in [0.29, 0.717) is 12.6 Å². The van der Waals surface area contributed by atoms with Crippen molar-refractivity contribution in [2.24, 2.45) is 0 Å². The normalized spacial score (nSPS) is 15.6. The minimum absolute atomic E-state index is 0.202. The Morgan fingerprint density at radius 3 is 2.67 bits per heavy atom. The molecule has 1 amide bonds. The third-order valence-corrected chi connectivity index (χ3v) is 4.14. The average Bonchev–Trinajstić information content (AvgIpc) is 2.97. The Kier molecular flexibility index (Phi) is 4.02. The zero-order valence-electron chi connectivity index (χ0n) is 10.9. The molecule has 0 bridgehead atoms. The molecule has 1 aliphatic rings. The van der Waals surface area contributed by atoms with E-state index in [0.717, 1.165) is 22.2 Å². The van der Waals surface area contributed by atoms with E-state index in [-0.39, 0.29) is 6.09 Å². The molecule has 0 spiro atoms. The largest absolute Gasteiger partial charge is 0.444 e. The number of rotatable bonds is 3. The van der Waals surface area contributed by atoms with Gasteiger partial charge in [-0.3, -0.25) is 0 Å². The number of halogens is 1. The van der Waals surface area contributed by atoms with Gasteiger partial charge in [0.2, 0.25) is 0 Å². The third kappa shape index (κ3) is 3.99. The van der Waals surface area contributed by atoms with Crippen LogP contribution in [-0.2, 0) is 11.3 Å². The Morgan fingerprint density at radius 2 is 2.22 bits per heavy atom. The first kappa shape index (κ1) is 13.9. The topological polar surface area (TPSA) is 29.5 Å². The predicted octanol–water partition coefficient (Wildman–Crippen LogP) is 4.41. The fourth-order valence-electron chi connectivity index (χ4n) is 1.67. The number of hydrogen-bond acceptors (Lipinski definition) is 3. The predicted molar refractivity (Wildman–Crippen MR) is 76.8 cm³/mol. The zero-order valence-corrected chi connectivity index (χ0v) is 13.3. The second kappa shape index (κ2) is 5.21. The van der Waals surface area contributed by atoms with E-state index >= 15 is 0 Å². The van der Waals surface area contributed by atoms with Crippen LogP contribution >= 0.6 is 27.3 Å². The summed E-state index contributed by atoms with van der Waals surface area (Å²) in [6.45, 7) is 6.34. The Hall–Kier alpha value is -0.550. The minimum atomic E-state index is -0.431. The van der Waals surface area contributed by atoms with Crippen molar-refractivity contribution in [3.8, 4) is 0 Å². The van der Waals surface area contributed by atoms with E-state index in [4.69, 9.17) is 4.74 Å². The summed E-state index contributed by atoms with van der Waals surface area (Å²) < 4.78 is 6.55. The molecule has 1 aliphatic carbocycles. The molecule has 100 valence electrons. The van der Waals surface area contributed by atoms with Gasteiger partial charge in [-0.25, -0.2) is 4.79 Å². The van der Waals surface area contributed by atoms with Crippen molar-refractivity contribution in [3.63, 3.8) is 0 Å². The number of ether oxygens (including phenoxy) is 1. The van der Waals surface area contributed by atoms with Gasteiger partial charge in [-0.2, -0.15) is 0 Å². The summed E-state index contributed by atoms with van der Waals surface area (Å²) in [7, 11) is 0. The standard InChI is InChI=1S/C13H18BrNO2S/c1-13(2,3)17-12(16)15(10-4-5-10)7-9-6-11(14)18-8-9/h6,8,10H,4-5,7H2,1-3H3. The van der Waals surface area contributed by atoms with Crippen molar-refractivity contribution >= 4 is 33.4 Å². The summed E-state index contributed by atoms with van der Waals surface area (Å²) in [5.41, 5.74) is 0.726. The first-order valence-electron chi connectivity index (χ1n) is 6.08. The molecule has 1 fully saturated rings. The van der Waals surface area contributed by atoms with Crippen LogP contribution in [0.2, 0.25) is 0 Å². The summed E-state index contributed by atoms with van der Waals surface area (Å²) in [5.74, 6) is 0. The molecule has 0 unspecified atom stereocenters. The number of carbonyl (C=O) groups excluding carboxylic acids is 1. The lowest BCUT2D eigenvalue weighted by Crippen LogP contribution is -2.37. The van der Waals surface area contributed by atoms with E-state index in [1.807, 2.05) is 25.7 Å². The SMILES string of the molecule is CC(C)(C)OC(=O)N(Cc1csc(Br)c1)C1CC1. The highest BCUT2D eigenvalue weighted by Crippen LogP contribution is 2.31. The molecule has 3 nitrogen and oxygen atoms in total. The number of hydrogen-bond donors (Lipinski definition) is 0. The lowest BCUT2D eigenvalue weighted by molar-refractivity contribution is 0.0217. The molecular formula is C13H18BrNO2S. The van der Waals surface area contributed by atoms with Crippen LogP contribution in [0.5, 0.6) is 0 Å². The van der Waals surface area contributed by atoms with Crippen LogP contribution in [0.1, 0.15) is 39.2 Å². The highest BCUT2D eigenvalue weighted by molar-refractivity contribution is 9.11.